The van der Waals surface area contributed by atoms with Crippen molar-refractivity contribution in [3.05, 3.63) is 39.5 Å². The summed E-state index contributed by atoms with van der Waals surface area (Å²) in [6, 6.07) is 5.83. The lowest BCUT2D eigenvalue weighted by Crippen LogP contribution is -2.04. The molecule has 0 aliphatic carbocycles. The zero-order chi connectivity index (χ0) is 15.1. The van der Waals surface area contributed by atoms with Crippen molar-refractivity contribution in [2.45, 2.75) is 4.90 Å². The molecule has 2 N–H and O–H groups in total. The van der Waals surface area contributed by atoms with Gasteiger partial charge in [-0.2, -0.15) is 8.42 Å². The average Bonchev–Trinajstić information content (AvgIpc) is 2.34. The number of carboxylic acids is 1. The minimum Gasteiger partial charge on any atom is -0.478 e. The van der Waals surface area contributed by atoms with Gasteiger partial charge in [-0.1, -0.05) is 18.2 Å². The number of rotatable bonds is 3. The summed E-state index contributed by atoms with van der Waals surface area (Å²) in [6.07, 6.45) is 0. The van der Waals surface area contributed by atoms with Crippen LogP contribution in [0.1, 0.15) is 10.4 Å². The molecule has 2 aromatic carbocycles. The molecule has 0 fully saturated rings. The van der Waals surface area contributed by atoms with Gasteiger partial charge in [0.25, 0.3) is 10.1 Å². The van der Waals surface area contributed by atoms with Crippen LogP contribution in [0.15, 0.2) is 35.2 Å². The van der Waals surface area contributed by atoms with Gasteiger partial charge >= 0.3 is 25.8 Å². The van der Waals surface area contributed by atoms with Crippen molar-refractivity contribution in [2.24, 2.45) is 0 Å². The molecule has 0 unspecified atom stereocenters. The molecule has 0 aliphatic heterocycles. The Balaban J connectivity index is 3.05. The first-order chi connectivity index (χ1) is 9.23. The highest BCUT2D eigenvalue weighted by atomic mass is 127. The fourth-order valence-corrected chi connectivity index (χ4v) is 4.01. The minimum atomic E-state index is -4.54. The van der Waals surface area contributed by atoms with Crippen LogP contribution < -0.4 is 0 Å². The second kappa shape index (κ2) is 5.07. The van der Waals surface area contributed by atoms with Gasteiger partial charge in [-0.15, -0.1) is 0 Å². The van der Waals surface area contributed by atoms with Gasteiger partial charge in [0.15, 0.2) is 0 Å². The van der Waals surface area contributed by atoms with Gasteiger partial charge in [-0.3, -0.25) is 4.55 Å². The largest absolute Gasteiger partial charge is 0.478 e. The molecule has 0 radical (unpaired) electrons. The van der Waals surface area contributed by atoms with E-state index in [9.17, 15) is 19.4 Å². The summed E-state index contributed by atoms with van der Waals surface area (Å²) in [6.45, 7) is 0. The van der Waals surface area contributed by atoms with E-state index in [-0.39, 0.29) is 14.3 Å². The standard InChI is InChI=1S/C11H7IO7S/c13-11(14)10-7-2-1-3-9(20(17,18)19)6(7)4-5-8(10)12(15)16/h1-5H,(H,13,14)(H,17,18,19). The smallest absolute Gasteiger partial charge is 0.341 e. The van der Waals surface area contributed by atoms with Crippen LogP contribution >= 0.6 is 19.8 Å². The van der Waals surface area contributed by atoms with Crippen molar-refractivity contribution in [2.75, 3.05) is 0 Å². The second-order valence-corrected chi connectivity index (χ2v) is 7.56. The molecular formula is C11H7IO7S. The summed E-state index contributed by atoms with van der Waals surface area (Å²) >= 11 is -4.06. The normalized spacial score (nSPS) is 11.9. The van der Waals surface area contributed by atoms with Crippen LogP contribution in [-0.2, 0) is 16.3 Å². The van der Waals surface area contributed by atoms with Gasteiger partial charge in [0.2, 0.25) is 0 Å². The van der Waals surface area contributed by atoms with Crippen LogP contribution in [-0.4, -0.2) is 24.0 Å². The topological polar surface area (TPSA) is 126 Å². The summed E-state index contributed by atoms with van der Waals surface area (Å²) in [5.41, 5.74) is -0.483. The maximum absolute atomic E-state index is 11.2. The van der Waals surface area contributed by atoms with E-state index in [4.69, 9.17) is 9.66 Å². The van der Waals surface area contributed by atoms with E-state index < -0.39 is 46.3 Å². The molecule has 0 bridgehead atoms. The SMILES string of the molecule is O=C(O)c1c(I(=O)=O)ccc2c(S(=O)(=O)O)cccc12. The molecule has 0 aliphatic rings. The molecule has 9 heteroatoms. The van der Waals surface area contributed by atoms with Crippen molar-refractivity contribution >= 4 is 46.7 Å². The third kappa shape index (κ3) is 2.51. The Morgan fingerprint density at radius 3 is 2.20 bits per heavy atom. The van der Waals surface area contributed by atoms with Crippen molar-refractivity contribution in [1.82, 2.24) is 0 Å². The Morgan fingerprint density at radius 2 is 1.70 bits per heavy atom. The summed E-state index contributed by atoms with van der Waals surface area (Å²) in [5, 5.41) is 9.04. The number of aromatic carboxylic acids is 1. The average molecular weight is 410 g/mol. The molecule has 20 heavy (non-hydrogen) atoms. The number of carbonyl (C=O) groups is 1. The zero-order valence-electron chi connectivity index (χ0n) is 9.61. The molecule has 0 atom stereocenters. The Morgan fingerprint density at radius 1 is 1.05 bits per heavy atom. The first-order valence-electron chi connectivity index (χ1n) is 5.05. The number of hydrogen-bond donors (Lipinski definition) is 2. The lowest BCUT2D eigenvalue weighted by Gasteiger charge is -2.07. The van der Waals surface area contributed by atoms with Gasteiger partial charge in [0.05, 0.1) is 9.13 Å². The molecule has 0 heterocycles. The molecule has 2 rings (SSSR count). The van der Waals surface area contributed by atoms with Crippen LogP contribution in [0.25, 0.3) is 10.8 Å². The monoisotopic (exact) mass is 410 g/mol. The number of fused-ring (bicyclic) bond motifs is 1. The predicted molar refractivity (Wildman–Crippen MR) is 74.8 cm³/mol. The van der Waals surface area contributed by atoms with Gasteiger partial charge in [0.1, 0.15) is 4.90 Å². The van der Waals surface area contributed by atoms with Crippen LogP contribution in [0.5, 0.6) is 0 Å². The third-order valence-electron chi connectivity index (χ3n) is 2.63. The van der Waals surface area contributed by atoms with Crippen molar-refractivity contribution < 1.29 is 29.0 Å². The second-order valence-electron chi connectivity index (χ2n) is 3.77. The Kier molecular flexibility index (Phi) is 3.75. The Hall–Kier alpha value is -1.59. The van der Waals surface area contributed by atoms with E-state index in [0.717, 1.165) is 12.1 Å². The highest BCUT2D eigenvalue weighted by Gasteiger charge is 2.21. The molecule has 7 nitrogen and oxygen atoms in total. The first-order valence-corrected chi connectivity index (χ1v) is 9.33. The highest BCUT2D eigenvalue weighted by molar-refractivity contribution is 14.2. The summed E-state index contributed by atoms with van der Waals surface area (Å²) < 4.78 is 53.6. The maximum atomic E-state index is 11.2. The number of carboxylic acid groups (broad SMARTS) is 1. The van der Waals surface area contributed by atoms with E-state index in [2.05, 4.69) is 0 Å². The first kappa shape index (κ1) is 14.8. The summed E-state index contributed by atoms with van der Waals surface area (Å²) in [5.74, 6) is -1.48. The summed E-state index contributed by atoms with van der Waals surface area (Å²) in [4.78, 5) is 10.8. The van der Waals surface area contributed by atoms with Crippen molar-refractivity contribution in [1.29, 1.82) is 0 Å². The predicted octanol–water partition coefficient (Wildman–Crippen LogP) is 2.15. The van der Waals surface area contributed by atoms with Gasteiger partial charge in [-0.05, 0) is 17.5 Å². The molecule has 2 aromatic rings. The lowest BCUT2D eigenvalue weighted by atomic mass is 10.0. The van der Waals surface area contributed by atoms with Crippen LogP contribution in [0.3, 0.4) is 0 Å². The minimum absolute atomic E-state index is 0.0473. The lowest BCUT2D eigenvalue weighted by molar-refractivity contribution is 0.0697. The summed E-state index contributed by atoms with van der Waals surface area (Å²) in [7, 11) is -4.54. The van der Waals surface area contributed by atoms with E-state index in [0.29, 0.717) is 0 Å². The molecule has 0 aromatic heterocycles. The molecule has 0 amide bonds. The molecule has 106 valence electrons. The van der Waals surface area contributed by atoms with Crippen molar-refractivity contribution in [3.63, 3.8) is 0 Å². The van der Waals surface area contributed by atoms with Crippen LogP contribution in [0.4, 0.5) is 0 Å². The molecule has 0 saturated heterocycles. The Labute approximate surface area is 120 Å². The fraction of sp³-hybridized carbons (Fsp3) is 0. The molecule has 0 spiro atoms. The number of benzene rings is 2. The van der Waals surface area contributed by atoms with Gasteiger partial charge in [-0.25, -0.2) is 10.9 Å². The Bertz CT molecular complexity index is 888. The molecule has 0 saturated carbocycles. The quantitative estimate of drug-likeness (QED) is 0.587. The van der Waals surface area contributed by atoms with E-state index in [1.54, 1.807) is 0 Å². The van der Waals surface area contributed by atoms with E-state index in [1.807, 2.05) is 0 Å². The van der Waals surface area contributed by atoms with E-state index in [1.165, 1.54) is 18.2 Å². The van der Waals surface area contributed by atoms with E-state index >= 15 is 0 Å². The van der Waals surface area contributed by atoms with Crippen LogP contribution in [0.2, 0.25) is 0 Å². The maximum Gasteiger partial charge on any atom is 0.341 e. The number of hydrogen-bond acceptors (Lipinski definition) is 5. The van der Waals surface area contributed by atoms with Crippen molar-refractivity contribution in [3.8, 4) is 0 Å². The zero-order valence-corrected chi connectivity index (χ0v) is 12.6. The van der Waals surface area contributed by atoms with Gasteiger partial charge in [0, 0.05) is 5.39 Å². The molecular weight excluding hydrogens is 403 g/mol. The number of halogens is 1. The fourth-order valence-electron chi connectivity index (χ4n) is 1.87. The van der Waals surface area contributed by atoms with Gasteiger partial charge < -0.3 is 5.11 Å². The third-order valence-corrected chi connectivity index (χ3v) is 5.39. The van der Waals surface area contributed by atoms with Crippen LogP contribution in [0, 0.1) is 3.57 Å². The highest BCUT2D eigenvalue weighted by Crippen LogP contribution is 2.32.